The maximum Gasteiger partial charge on any atom is 0.253 e. The fourth-order valence-electron chi connectivity index (χ4n) is 2.58. The number of carbonyl (C=O) groups is 1. The Hall–Kier alpha value is -1.40. The van der Waals surface area contributed by atoms with E-state index in [-0.39, 0.29) is 10.8 Å². The van der Waals surface area contributed by atoms with E-state index in [1.54, 1.807) is 17.0 Å². The Morgan fingerprint density at radius 2 is 2.19 bits per heavy atom. The molecule has 21 heavy (non-hydrogen) atoms. The SMILES string of the molecule is CCN(CC1CCCN1)C(=O)c1cccc(S(C)(=O)=O)c1. The molecule has 1 aromatic rings. The van der Waals surface area contributed by atoms with Gasteiger partial charge in [-0.25, -0.2) is 8.42 Å². The zero-order valence-corrected chi connectivity index (χ0v) is 13.3. The molecule has 0 aromatic heterocycles. The van der Waals surface area contributed by atoms with E-state index in [1.807, 2.05) is 6.92 Å². The number of nitrogens with one attached hydrogen (secondary N) is 1. The zero-order valence-electron chi connectivity index (χ0n) is 12.5. The molecule has 1 aliphatic rings. The lowest BCUT2D eigenvalue weighted by Crippen LogP contribution is -2.41. The molecule has 116 valence electrons. The molecule has 1 atom stereocenters. The maximum absolute atomic E-state index is 12.5. The van der Waals surface area contributed by atoms with Crippen molar-refractivity contribution in [3.8, 4) is 0 Å². The van der Waals surface area contributed by atoms with Crippen molar-refractivity contribution in [1.82, 2.24) is 10.2 Å². The molecule has 1 saturated heterocycles. The van der Waals surface area contributed by atoms with Crippen LogP contribution in [0.3, 0.4) is 0 Å². The molecule has 0 bridgehead atoms. The van der Waals surface area contributed by atoms with E-state index in [4.69, 9.17) is 0 Å². The monoisotopic (exact) mass is 310 g/mol. The summed E-state index contributed by atoms with van der Waals surface area (Å²) in [5.41, 5.74) is 0.428. The summed E-state index contributed by atoms with van der Waals surface area (Å²) in [6, 6.07) is 6.60. The van der Waals surface area contributed by atoms with Crippen LogP contribution in [0, 0.1) is 0 Å². The Labute approximate surface area is 126 Å². The first-order valence-corrected chi connectivity index (χ1v) is 9.13. The minimum absolute atomic E-state index is 0.114. The van der Waals surface area contributed by atoms with Crippen LogP contribution in [0.15, 0.2) is 29.2 Å². The van der Waals surface area contributed by atoms with Crippen molar-refractivity contribution in [2.24, 2.45) is 0 Å². The average molecular weight is 310 g/mol. The van der Waals surface area contributed by atoms with Crippen LogP contribution in [-0.2, 0) is 9.84 Å². The third kappa shape index (κ3) is 4.04. The fourth-order valence-corrected chi connectivity index (χ4v) is 3.24. The summed E-state index contributed by atoms with van der Waals surface area (Å²) < 4.78 is 23.2. The van der Waals surface area contributed by atoms with Gasteiger partial charge in [0.25, 0.3) is 5.91 Å². The van der Waals surface area contributed by atoms with E-state index in [2.05, 4.69) is 5.32 Å². The van der Waals surface area contributed by atoms with E-state index in [9.17, 15) is 13.2 Å². The van der Waals surface area contributed by atoms with Gasteiger partial charge in [0.05, 0.1) is 4.90 Å². The third-order valence-electron chi connectivity index (χ3n) is 3.78. The van der Waals surface area contributed by atoms with Crippen LogP contribution >= 0.6 is 0 Å². The molecular weight excluding hydrogens is 288 g/mol. The van der Waals surface area contributed by atoms with Crippen LogP contribution < -0.4 is 5.32 Å². The first-order chi connectivity index (χ1) is 9.91. The Morgan fingerprint density at radius 3 is 2.76 bits per heavy atom. The number of benzene rings is 1. The number of nitrogens with zero attached hydrogens (tertiary/aromatic N) is 1. The van der Waals surface area contributed by atoms with Crippen molar-refractivity contribution in [2.45, 2.75) is 30.7 Å². The van der Waals surface area contributed by atoms with Crippen molar-refractivity contribution in [3.63, 3.8) is 0 Å². The number of hydrogen-bond acceptors (Lipinski definition) is 4. The molecule has 1 aromatic carbocycles. The van der Waals surface area contributed by atoms with Crippen molar-refractivity contribution in [1.29, 1.82) is 0 Å². The first kappa shape index (κ1) is 16.0. The minimum Gasteiger partial charge on any atom is -0.337 e. The summed E-state index contributed by atoms with van der Waals surface area (Å²) in [4.78, 5) is 14.5. The molecule has 0 radical (unpaired) electrons. The molecule has 5 nitrogen and oxygen atoms in total. The highest BCUT2D eigenvalue weighted by Gasteiger charge is 2.22. The van der Waals surface area contributed by atoms with Gasteiger partial charge in [-0.2, -0.15) is 0 Å². The fraction of sp³-hybridized carbons (Fsp3) is 0.533. The van der Waals surface area contributed by atoms with E-state index in [1.165, 1.54) is 12.1 Å². The highest BCUT2D eigenvalue weighted by atomic mass is 32.2. The second-order valence-electron chi connectivity index (χ2n) is 5.44. The Kier molecular flexibility index (Phi) is 5.00. The maximum atomic E-state index is 12.5. The summed E-state index contributed by atoms with van der Waals surface area (Å²) in [5, 5.41) is 3.37. The highest BCUT2D eigenvalue weighted by Crippen LogP contribution is 2.15. The van der Waals surface area contributed by atoms with Gasteiger partial charge in [0.15, 0.2) is 9.84 Å². The summed E-state index contributed by atoms with van der Waals surface area (Å²) >= 11 is 0. The summed E-state index contributed by atoms with van der Waals surface area (Å²) in [6.45, 7) is 4.21. The van der Waals surface area contributed by atoms with Crippen LogP contribution in [0.4, 0.5) is 0 Å². The van der Waals surface area contributed by atoms with Gasteiger partial charge in [-0.05, 0) is 44.5 Å². The van der Waals surface area contributed by atoms with Crippen molar-refractivity contribution >= 4 is 15.7 Å². The summed E-state index contributed by atoms with van der Waals surface area (Å²) in [6.07, 6.45) is 3.36. The Bertz CT molecular complexity index is 607. The van der Waals surface area contributed by atoms with E-state index in [0.717, 1.165) is 25.6 Å². The van der Waals surface area contributed by atoms with E-state index < -0.39 is 9.84 Å². The normalized spacial score (nSPS) is 18.7. The molecule has 1 unspecified atom stereocenters. The largest absolute Gasteiger partial charge is 0.337 e. The predicted molar refractivity (Wildman–Crippen MR) is 82.2 cm³/mol. The van der Waals surface area contributed by atoms with Gasteiger partial charge in [-0.3, -0.25) is 4.79 Å². The molecule has 2 rings (SSSR count). The lowest BCUT2D eigenvalue weighted by atomic mass is 10.1. The molecule has 1 heterocycles. The van der Waals surface area contributed by atoms with Crippen LogP contribution in [0.1, 0.15) is 30.1 Å². The van der Waals surface area contributed by atoms with Crippen LogP contribution in [0.25, 0.3) is 0 Å². The molecule has 6 heteroatoms. The Morgan fingerprint density at radius 1 is 1.43 bits per heavy atom. The number of amides is 1. The number of rotatable bonds is 5. The molecule has 1 aliphatic heterocycles. The standard InChI is InChI=1S/C15H22N2O3S/c1-3-17(11-13-7-5-9-16-13)15(18)12-6-4-8-14(10-12)21(2,19)20/h4,6,8,10,13,16H,3,5,7,9,11H2,1-2H3. The molecule has 1 N–H and O–H groups in total. The second kappa shape index (κ2) is 6.58. The molecular formula is C15H22N2O3S. The minimum atomic E-state index is -3.30. The lowest BCUT2D eigenvalue weighted by Gasteiger charge is -2.24. The highest BCUT2D eigenvalue weighted by molar-refractivity contribution is 7.90. The van der Waals surface area contributed by atoms with E-state index in [0.29, 0.717) is 24.7 Å². The summed E-state index contributed by atoms with van der Waals surface area (Å²) in [5.74, 6) is -0.114. The van der Waals surface area contributed by atoms with E-state index >= 15 is 0 Å². The number of sulfone groups is 1. The van der Waals surface area contributed by atoms with Gasteiger partial charge in [-0.1, -0.05) is 6.07 Å². The van der Waals surface area contributed by atoms with Gasteiger partial charge in [0.2, 0.25) is 0 Å². The second-order valence-corrected chi connectivity index (χ2v) is 7.45. The molecule has 1 amide bonds. The van der Waals surface area contributed by atoms with Crippen LogP contribution in [0.2, 0.25) is 0 Å². The van der Waals surface area contributed by atoms with Gasteiger partial charge >= 0.3 is 0 Å². The Balaban J connectivity index is 2.17. The van der Waals surface area contributed by atoms with Crippen LogP contribution in [0.5, 0.6) is 0 Å². The zero-order chi connectivity index (χ0) is 15.5. The topological polar surface area (TPSA) is 66.5 Å². The van der Waals surface area contributed by atoms with Crippen molar-refractivity contribution < 1.29 is 13.2 Å². The van der Waals surface area contributed by atoms with Crippen molar-refractivity contribution in [3.05, 3.63) is 29.8 Å². The van der Waals surface area contributed by atoms with Gasteiger partial charge in [-0.15, -0.1) is 0 Å². The van der Waals surface area contributed by atoms with Gasteiger partial charge in [0, 0.05) is 31.0 Å². The summed E-state index contributed by atoms with van der Waals surface area (Å²) in [7, 11) is -3.30. The molecule has 0 spiro atoms. The quantitative estimate of drug-likeness (QED) is 0.890. The third-order valence-corrected chi connectivity index (χ3v) is 4.89. The van der Waals surface area contributed by atoms with Gasteiger partial charge in [0.1, 0.15) is 0 Å². The number of likely N-dealkylation sites (N-methyl/N-ethyl adjacent to an activating group) is 1. The lowest BCUT2D eigenvalue weighted by molar-refractivity contribution is 0.0751. The smallest absolute Gasteiger partial charge is 0.253 e. The predicted octanol–water partition coefficient (Wildman–Crippen LogP) is 1.30. The molecule has 1 fully saturated rings. The molecule has 0 aliphatic carbocycles. The number of carbonyl (C=O) groups excluding carboxylic acids is 1. The number of hydrogen-bond donors (Lipinski definition) is 1. The van der Waals surface area contributed by atoms with Crippen molar-refractivity contribution in [2.75, 3.05) is 25.9 Å². The average Bonchev–Trinajstić information content (AvgIpc) is 2.96. The van der Waals surface area contributed by atoms with Gasteiger partial charge < -0.3 is 10.2 Å². The molecule has 0 saturated carbocycles. The van der Waals surface area contributed by atoms with Crippen LogP contribution in [-0.4, -0.2) is 51.2 Å². The first-order valence-electron chi connectivity index (χ1n) is 7.24.